The molecule has 1 rings (SSSR count). The molecule has 0 aliphatic carbocycles. The van der Waals surface area contributed by atoms with Crippen LogP contribution in [0, 0.1) is 5.41 Å². The second kappa shape index (κ2) is 7.70. The Kier molecular flexibility index (Phi) is 7.37. The molecule has 0 radical (unpaired) electrons. The van der Waals surface area contributed by atoms with E-state index in [-0.39, 0.29) is 30.3 Å². The number of likely N-dealkylation sites (tertiary alicyclic amines) is 1. The van der Waals surface area contributed by atoms with Gasteiger partial charge in [-0.3, -0.25) is 9.59 Å². The number of amides is 2. The van der Waals surface area contributed by atoms with E-state index < -0.39 is 5.41 Å². The lowest BCUT2D eigenvalue weighted by Gasteiger charge is -2.24. The number of nitrogens with two attached hydrogens (primary N) is 1. The number of nitrogens with one attached hydrogen (secondary N) is 1. The predicted molar refractivity (Wildman–Crippen MR) is 78.1 cm³/mol. The molecule has 1 aliphatic heterocycles. The third-order valence-electron chi connectivity index (χ3n) is 3.28. The van der Waals surface area contributed by atoms with Crippen molar-refractivity contribution in [3.63, 3.8) is 0 Å². The number of hydrogen-bond acceptors (Lipinski definition) is 3. The van der Waals surface area contributed by atoms with Crippen LogP contribution in [0.4, 0.5) is 0 Å². The Hall–Kier alpha value is -0.810. The first kappa shape index (κ1) is 18.2. The molecule has 6 heteroatoms. The summed E-state index contributed by atoms with van der Waals surface area (Å²) >= 11 is 0. The summed E-state index contributed by atoms with van der Waals surface area (Å²) in [4.78, 5) is 25.4. The van der Waals surface area contributed by atoms with Crippen molar-refractivity contribution in [2.45, 2.75) is 46.1 Å². The molecule has 3 N–H and O–H groups in total. The maximum atomic E-state index is 12.0. The molecular formula is C13H26ClN3O2. The Morgan fingerprint density at radius 2 is 2.00 bits per heavy atom. The van der Waals surface area contributed by atoms with E-state index in [4.69, 9.17) is 5.73 Å². The van der Waals surface area contributed by atoms with E-state index in [1.165, 1.54) is 0 Å². The molecule has 2 amide bonds. The monoisotopic (exact) mass is 291 g/mol. The summed E-state index contributed by atoms with van der Waals surface area (Å²) in [6.07, 6.45) is 2.39. The number of nitrogens with zero attached hydrogens (tertiary/aromatic N) is 1. The van der Waals surface area contributed by atoms with E-state index in [0.29, 0.717) is 19.5 Å². The quantitative estimate of drug-likeness (QED) is 0.808. The summed E-state index contributed by atoms with van der Waals surface area (Å²) in [7, 11) is 0. The Morgan fingerprint density at radius 1 is 1.37 bits per heavy atom. The zero-order valence-corrected chi connectivity index (χ0v) is 12.9. The maximum Gasteiger partial charge on any atom is 0.225 e. The molecule has 0 aromatic heterocycles. The summed E-state index contributed by atoms with van der Waals surface area (Å²) in [5.74, 6) is 0.0734. The first-order valence-electron chi connectivity index (χ1n) is 6.64. The van der Waals surface area contributed by atoms with Crippen molar-refractivity contribution < 1.29 is 9.59 Å². The van der Waals surface area contributed by atoms with Gasteiger partial charge in [-0.25, -0.2) is 0 Å². The van der Waals surface area contributed by atoms with Crippen molar-refractivity contribution in [3.05, 3.63) is 0 Å². The van der Waals surface area contributed by atoms with Crippen LogP contribution < -0.4 is 11.1 Å². The minimum absolute atomic E-state index is 0. The molecule has 1 fully saturated rings. The minimum atomic E-state index is -0.406. The molecule has 5 nitrogen and oxygen atoms in total. The van der Waals surface area contributed by atoms with Crippen LogP contribution in [0.25, 0.3) is 0 Å². The molecule has 0 aromatic carbocycles. The lowest BCUT2D eigenvalue weighted by Crippen LogP contribution is -2.42. The summed E-state index contributed by atoms with van der Waals surface area (Å²) < 4.78 is 0. The number of rotatable bonds is 4. The van der Waals surface area contributed by atoms with E-state index in [0.717, 1.165) is 19.4 Å². The summed E-state index contributed by atoms with van der Waals surface area (Å²) in [5, 5.41) is 2.79. The van der Waals surface area contributed by atoms with Gasteiger partial charge in [0.05, 0.1) is 0 Å². The van der Waals surface area contributed by atoms with Crippen molar-refractivity contribution in [2.75, 3.05) is 19.6 Å². The van der Waals surface area contributed by atoms with Crippen LogP contribution in [0.1, 0.15) is 40.0 Å². The van der Waals surface area contributed by atoms with Crippen molar-refractivity contribution in [1.29, 1.82) is 0 Å². The van der Waals surface area contributed by atoms with Crippen LogP contribution in [-0.2, 0) is 9.59 Å². The highest BCUT2D eigenvalue weighted by Gasteiger charge is 2.27. The number of carbonyl (C=O) groups is 2. The number of halogens is 1. The Balaban J connectivity index is 0.00000324. The highest BCUT2D eigenvalue weighted by molar-refractivity contribution is 5.85. The van der Waals surface area contributed by atoms with Crippen LogP contribution in [-0.4, -0.2) is 42.4 Å². The zero-order chi connectivity index (χ0) is 13.8. The molecular weight excluding hydrogens is 266 g/mol. The van der Waals surface area contributed by atoms with Crippen molar-refractivity contribution in [1.82, 2.24) is 10.2 Å². The number of carbonyl (C=O) groups excluding carboxylic acids is 2. The second-order valence-corrected chi connectivity index (χ2v) is 5.87. The molecule has 1 unspecified atom stereocenters. The third-order valence-corrected chi connectivity index (χ3v) is 3.28. The highest BCUT2D eigenvalue weighted by atomic mass is 35.5. The van der Waals surface area contributed by atoms with Crippen LogP contribution in [0.15, 0.2) is 0 Å². The fourth-order valence-corrected chi connectivity index (χ4v) is 2.10. The van der Waals surface area contributed by atoms with E-state index in [9.17, 15) is 9.59 Å². The van der Waals surface area contributed by atoms with Crippen molar-refractivity contribution in [3.8, 4) is 0 Å². The topological polar surface area (TPSA) is 75.4 Å². The molecule has 19 heavy (non-hydrogen) atoms. The van der Waals surface area contributed by atoms with E-state index in [2.05, 4.69) is 5.32 Å². The van der Waals surface area contributed by atoms with Crippen LogP contribution in [0.5, 0.6) is 0 Å². The van der Waals surface area contributed by atoms with Gasteiger partial charge in [-0.1, -0.05) is 20.8 Å². The summed E-state index contributed by atoms with van der Waals surface area (Å²) in [5.41, 5.74) is 5.23. The van der Waals surface area contributed by atoms with Gasteiger partial charge in [-0.05, 0) is 12.8 Å². The van der Waals surface area contributed by atoms with Gasteiger partial charge in [-0.2, -0.15) is 0 Å². The first-order valence-corrected chi connectivity index (χ1v) is 6.64. The Morgan fingerprint density at radius 3 is 2.53 bits per heavy atom. The van der Waals surface area contributed by atoms with Gasteiger partial charge in [0.15, 0.2) is 0 Å². The largest absolute Gasteiger partial charge is 0.355 e. The summed E-state index contributed by atoms with van der Waals surface area (Å²) in [6.45, 7) is 7.30. The fraction of sp³-hybridized carbons (Fsp3) is 0.846. The van der Waals surface area contributed by atoms with Gasteiger partial charge < -0.3 is 16.0 Å². The van der Waals surface area contributed by atoms with E-state index >= 15 is 0 Å². The molecule has 0 bridgehead atoms. The first-order chi connectivity index (χ1) is 8.36. The minimum Gasteiger partial charge on any atom is -0.355 e. The third kappa shape index (κ3) is 5.37. The van der Waals surface area contributed by atoms with E-state index in [1.54, 1.807) is 0 Å². The van der Waals surface area contributed by atoms with Gasteiger partial charge >= 0.3 is 0 Å². The molecule has 0 saturated carbocycles. The summed E-state index contributed by atoms with van der Waals surface area (Å²) in [6, 6.07) is 0.191. The SMILES string of the molecule is CC(C)(C)C(=O)NCCC(=O)N1CCCC1CN.Cl. The second-order valence-electron chi connectivity index (χ2n) is 5.87. The molecule has 1 saturated heterocycles. The highest BCUT2D eigenvalue weighted by Crippen LogP contribution is 2.17. The standard InChI is InChI=1S/C13H25N3O2.ClH/c1-13(2,3)12(18)15-7-6-11(17)16-8-4-5-10(16)9-14;/h10H,4-9,14H2,1-3H3,(H,15,18);1H. The van der Waals surface area contributed by atoms with Crippen molar-refractivity contribution in [2.24, 2.45) is 11.1 Å². The molecule has 1 heterocycles. The lowest BCUT2D eigenvalue weighted by molar-refractivity contribution is -0.132. The van der Waals surface area contributed by atoms with Gasteiger partial charge in [-0.15, -0.1) is 12.4 Å². The smallest absolute Gasteiger partial charge is 0.225 e. The van der Waals surface area contributed by atoms with Crippen LogP contribution in [0.2, 0.25) is 0 Å². The molecule has 0 aromatic rings. The van der Waals surface area contributed by atoms with E-state index in [1.807, 2.05) is 25.7 Å². The van der Waals surface area contributed by atoms with Crippen LogP contribution >= 0.6 is 12.4 Å². The van der Waals surface area contributed by atoms with Crippen LogP contribution in [0.3, 0.4) is 0 Å². The maximum absolute atomic E-state index is 12.0. The van der Waals surface area contributed by atoms with Gasteiger partial charge in [0.1, 0.15) is 0 Å². The lowest BCUT2D eigenvalue weighted by atomic mass is 9.96. The van der Waals surface area contributed by atoms with Gasteiger partial charge in [0.25, 0.3) is 0 Å². The van der Waals surface area contributed by atoms with Gasteiger partial charge in [0, 0.05) is 37.5 Å². The fourth-order valence-electron chi connectivity index (χ4n) is 2.10. The zero-order valence-electron chi connectivity index (χ0n) is 12.1. The average Bonchev–Trinajstić information content (AvgIpc) is 2.75. The normalized spacial score (nSPS) is 18.9. The average molecular weight is 292 g/mol. The Labute approximate surface area is 121 Å². The molecule has 1 aliphatic rings. The molecule has 112 valence electrons. The Bertz CT molecular complexity index is 316. The predicted octanol–water partition coefficient (Wildman–Crippen LogP) is 0.910. The van der Waals surface area contributed by atoms with Crippen molar-refractivity contribution >= 4 is 24.2 Å². The molecule has 1 atom stereocenters. The number of hydrogen-bond donors (Lipinski definition) is 2. The molecule has 0 spiro atoms. The van der Waals surface area contributed by atoms with Gasteiger partial charge in [0.2, 0.25) is 11.8 Å².